The molecule has 0 unspecified atom stereocenters. The van der Waals surface area contributed by atoms with Crippen LogP contribution in [0.4, 0.5) is 0 Å². The number of halogens is 1. The molecule has 1 rings (SSSR count). The number of hydrogen-bond donors (Lipinski definition) is 1. The highest BCUT2D eigenvalue weighted by atomic mass is 35.5. The Morgan fingerprint density at radius 2 is 2.07 bits per heavy atom. The third kappa shape index (κ3) is 3.32. The van der Waals surface area contributed by atoms with Crippen LogP contribution in [-0.2, 0) is 0 Å². The zero-order valence-electron chi connectivity index (χ0n) is 7.79. The molecule has 0 aliphatic heterocycles. The van der Waals surface area contributed by atoms with Gasteiger partial charge in [0.15, 0.2) is 5.78 Å². The van der Waals surface area contributed by atoms with Crippen LogP contribution in [0.5, 0.6) is 0 Å². The molecule has 1 N–H and O–H groups in total. The average Bonchev–Trinajstić information content (AvgIpc) is 2.19. The van der Waals surface area contributed by atoms with E-state index < -0.39 is 0 Å². The Balaban J connectivity index is 2.52. The van der Waals surface area contributed by atoms with E-state index in [1.54, 1.807) is 30.3 Å². The molecule has 0 amide bonds. The molecule has 0 saturated heterocycles. The summed E-state index contributed by atoms with van der Waals surface area (Å²) in [5, 5.41) is 3.59. The Kier molecular flexibility index (Phi) is 4.36. The molecule has 0 atom stereocenters. The highest BCUT2D eigenvalue weighted by Gasteiger charge is 2.03. The standard InChI is InChI=1S/C11H12ClNO/c1-2-7-13-8-11(14)9-3-5-10(12)6-4-9/h2-6,13H,1,7-8H2. The van der Waals surface area contributed by atoms with Crippen LogP contribution in [0.1, 0.15) is 10.4 Å². The fourth-order valence-electron chi connectivity index (χ4n) is 1.03. The van der Waals surface area contributed by atoms with Crippen molar-refractivity contribution in [1.29, 1.82) is 0 Å². The Labute approximate surface area is 88.6 Å². The van der Waals surface area contributed by atoms with Crippen LogP contribution in [0, 0.1) is 0 Å². The van der Waals surface area contributed by atoms with Gasteiger partial charge >= 0.3 is 0 Å². The summed E-state index contributed by atoms with van der Waals surface area (Å²) < 4.78 is 0. The molecule has 74 valence electrons. The zero-order chi connectivity index (χ0) is 10.4. The normalized spacial score (nSPS) is 9.79. The molecule has 0 bridgehead atoms. The number of ketones is 1. The van der Waals surface area contributed by atoms with Crippen molar-refractivity contribution in [3.05, 3.63) is 47.5 Å². The van der Waals surface area contributed by atoms with Gasteiger partial charge in [-0.25, -0.2) is 0 Å². The molecule has 0 aliphatic rings. The average molecular weight is 210 g/mol. The zero-order valence-corrected chi connectivity index (χ0v) is 8.55. The first-order chi connectivity index (χ1) is 6.74. The Hall–Kier alpha value is -1.12. The number of nitrogens with one attached hydrogen (secondary N) is 1. The van der Waals surface area contributed by atoms with Gasteiger partial charge in [0, 0.05) is 17.1 Å². The van der Waals surface area contributed by atoms with Gasteiger partial charge in [0.05, 0.1) is 6.54 Å². The number of rotatable bonds is 5. The molecule has 1 aromatic rings. The molecule has 0 heterocycles. The topological polar surface area (TPSA) is 29.1 Å². The van der Waals surface area contributed by atoms with Crippen molar-refractivity contribution in [2.45, 2.75) is 0 Å². The Morgan fingerprint density at radius 1 is 1.43 bits per heavy atom. The van der Waals surface area contributed by atoms with Crippen LogP contribution >= 0.6 is 11.6 Å². The molecule has 0 aliphatic carbocycles. The second-order valence-electron chi connectivity index (χ2n) is 2.85. The highest BCUT2D eigenvalue weighted by Crippen LogP contribution is 2.09. The molecule has 0 spiro atoms. The van der Waals surface area contributed by atoms with Crippen LogP contribution in [0.25, 0.3) is 0 Å². The van der Waals surface area contributed by atoms with E-state index in [1.165, 1.54) is 0 Å². The van der Waals surface area contributed by atoms with E-state index in [4.69, 9.17) is 11.6 Å². The van der Waals surface area contributed by atoms with Crippen molar-refractivity contribution in [2.24, 2.45) is 0 Å². The Morgan fingerprint density at radius 3 is 2.64 bits per heavy atom. The van der Waals surface area contributed by atoms with Gasteiger partial charge in [0.1, 0.15) is 0 Å². The quantitative estimate of drug-likeness (QED) is 0.458. The lowest BCUT2D eigenvalue weighted by atomic mass is 10.1. The van der Waals surface area contributed by atoms with Crippen molar-refractivity contribution in [2.75, 3.05) is 13.1 Å². The molecule has 2 nitrogen and oxygen atoms in total. The monoisotopic (exact) mass is 209 g/mol. The van der Waals surface area contributed by atoms with E-state index in [0.29, 0.717) is 23.7 Å². The van der Waals surface area contributed by atoms with Gasteiger partial charge in [0.2, 0.25) is 0 Å². The predicted octanol–water partition coefficient (Wildman–Crippen LogP) is 2.30. The van der Waals surface area contributed by atoms with E-state index in [-0.39, 0.29) is 5.78 Å². The van der Waals surface area contributed by atoms with Crippen molar-refractivity contribution in [3.8, 4) is 0 Å². The molecular formula is C11H12ClNO. The summed E-state index contributed by atoms with van der Waals surface area (Å²) >= 11 is 5.70. The number of carbonyl (C=O) groups excluding carboxylic acids is 1. The maximum Gasteiger partial charge on any atom is 0.176 e. The van der Waals surface area contributed by atoms with Gasteiger partial charge in [0.25, 0.3) is 0 Å². The molecule has 14 heavy (non-hydrogen) atoms. The molecule has 0 radical (unpaired) electrons. The van der Waals surface area contributed by atoms with Crippen molar-refractivity contribution >= 4 is 17.4 Å². The minimum Gasteiger partial charge on any atom is -0.306 e. The van der Waals surface area contributed by atoms with E-state index in [1.807, 2.05) is 0 Å². The summed E-state index contributed by atoms with van der Waals surface area (Å²) in [7, 11) is 0. The lowest BCUT2D eigenvalue weighted by molar-refractivity contribution is 0.0992. The lowest BCUT2D eigenvalue weighted by Crippen LogP contribution is -2.22. The minimum atomic E-state index is 0.0588. The van der Waals surface area contributed by atoms with Crippen molar-refractivity contribution < 1.29 is 4.79 Å². The fourth-order valence-corrected chi connectivity index (χ4v) is 1.15. The summed E-state index contributed by atoms with van der Waals surface area (Å²) in [6, 6.07) is 6.87. The first-order valence-corrected chi connectivity index (χ1v) is 4.72. The SMILES string of the molecule is C=CCNCC(=O)c1ccc(Cl)cc1. The van der Waals surface area contributed by atoms with Crippen molar-refractivity contribution in [3.63, 3.8) is 0 Å². The van der Waals surface area contributed by atoms with Crippen LogP contribution in [0.3, 0.4) is 0 Å². The second-order valence-corrected chi connectivity index (χ2v) is 3.29. The predicted molar refractivity (Wildman–Crippen MR) is 58.8 cm³/mol. The van der Waals surface area contributed by atoms with Gasteiger partial charge in [-0.2, -0.15) is 0 Å². The molecule has 0 fully saturated rings. The highest BCUT2D eigenvalue weighted by molar-refractivity contribution is 6.30. The number of Topliss-reactive ketones (excluding diaryl/α,β-unsaturated/α-hetero) is 1. The molecule has 3 heteroatoms. The van der Waals surface area contributed by atoms with Gasteiger partial charge in [-0.1, -0.05) is 17.7 Å². The van der Waals surface area contributed by atoms with Crippen LogP contribution < -0.4 is 5.32 Å². The van der Waals surface area contributed by atoms with Gasteiger partial charge in [-0.05, 0) is 24.3 Å². The summed E-state index contributed by atoms with van der Waals surface area (Å²) in [5.41, 5.74) is 0.672. The smallest absolute Gasteiger partial charge is 0.176 e. The van der Waals surface area contributed by atoms with E-state index >= 15 is 0 Å². The largest absolute Gasteiger partial charge is 0.306 e. The third-order valence-electron chi connectivity index (χ3n) is 1.74. The minimum absolute atomic E-state index is 0.0588. The summed E-state index contributed by atoms with van der Waals surface area (Å²) in [4.78, 5) is 11.5. The van der Waals surface area contributed by atoms with Gasteiger partial charge in [-0.3, -0.25) is 4.79 Å². The lowest BCUT2D eigenvalue weighted by Gasteiger charge is -2.01. The third-order valence-corrected chi connectivity index (χ3v) is 1.99. The van der Waals surface area contributed by atoms with Crippen LogP contribution in [0.2, 0.25) is 5.02 Å². The fraction of sp³-hybridized carbons (Fsp3) is 0.182. The van der Waals surface area contributed by atoms with Crippen LogP contribution in [-0.4, -0.2) is 18.9 Å². The maximum absolute atomic E-state index is 11.5. The van der Waals surface area contributed by atoms with E-state index in [0.717, 1.165) is 0 Å². The van der Waals surface area contributed by atoms with E-state index in [2.05, 4.69) is 11.9 Å². The van der Waals surface area contributed by atoms with Crippen LogP contribution in [0.15, 0.2) is 36.9 Å². The maximum atomic E-state index is 11.5. The first kappa shape index (κ1) is 11.0. The first-order valence-electron chi connectivity index (χ1n) is 4.34. The van der Waals surface area contributed by atoms with Crippen molar-refractivity contribution in [1.82, 2.24) is 5.32 Å². The Bertz CT molecular complexity index is 319. The van der Waals surface area contributed by atoms with Gasteiger partial charge < -0.3 is 5.32 Å². The summed E-state index contributed by atoms with van der Waals surface area (Å²) in [6.45, 7) is 4.52. The number of carbonyl (C=O) groups is 1. The van der Waals surface area contributed by atoms with Gasteiger partial charge in [-0.15, -0.1) is 6.58 Å². The molecule has 0 saturated carbocycles. The molecule has 1 aromatic carbocycles. The summed E-state index contributed by atoms with van der Waals surface area (Å²) in [5.74, 6) is 0.0588. The molecule has 0 aromatic heterocycles. The number of benzene rings is 1. The molecular weight excluding hydrogens is 198 g/mol. The number of hydrogen-bond acceptors (Lipinski definition) is 2. The van der Waals surface area contributed by atoms with E-state index in [9.17, 15) is 4.79 Å². The second kappa shape index (κ2) is 5.58. The summed E-state index contributed by atoms with van der Waals surface area (Å²) in [6.07, 6.45) is 1.72.